The third-order valence-electron chi connectivity index (χ3n) is 9.68. The number of benzene rings is 8. The van der Waals surface area contributed by atoms with Gasteiger partial charge in [-0.1, -0.05) is 127 Å². The van der Waals surface area contributed by atoms with E-state index < -0.39 is 0 Å². The zero-order valence-electron chi connectivity index (χ0n) is 26.5. The van der Waals surface area contributed by atoms with Crippen molar-refractivity contribution in [3.8, 4) is 22.3 Å². The Hall–Kier alpha value is -6.58. The van der Waals surface area contributed by atoms with Crippen LogP contribution in [0.5, 0.6) is 0 Å². The first-order valence-corrected chi connectivity index (χ1v) is 16.6. The lowest BCUT2D eigenvalue weighted by Gasteiger charge is -2.26. The number of hydrogen-bond donors (Lipinski definition) is 0. The van der Waals surface area contributed by atoms with Crippen molar-refractivity contribution in [1.82, 2.24) is 0 Å². The number of nitrogens with zero attached hydrogens (tertiary/aromatic N) is 1. The average Bonchev–Trinajstić information content (AvgIpc) is 3.75. The van der Waals surface area contributed by atoms with Crippen molar-refractivity contribution in [3.63, 3.8) is 0 Å². The Labute approximate surface area is 282 Å². The van der Waals surface area contributed by atoms with E-state index in [9.17, 15) is 0 Å². The van der Waals surface area contributed by atoms with Crippen molar-refractivity contribution in [2.45, 2.75) is 0 Å². The summed E-state index contributed by atoms with van der Waals surface area (Å²) >= 11 is 0. The molecule has 0 unspecified atom stereocenters. The summed E-state index contributed by atoms with van der Waals surface area (Å²) in [5.41, 5.74) is 11.3. The molecule has 3 heteroatoms. The van der Waals surface area contributed by atoms with E-state index in [1.165, 1.54) is 16.5 Å². The second-order valence-electron chi connectivity index (χ2n) is 12.5. The highest BCUT2D eigenvalue weighted by Gasteiger charge is 2.20. The van der Waals surface area contributed by atoms with Gasteiger partial charge in [0.15, 0.2) is 0 Å². The van der Waals surface area contributed by atoms with Crippen LogP contribution in [0.25, 0.3) is 76.9 Å². The van der Waals surface area contributed by atoms with Crippen LogP contribution < -0.4 is 4.90 Å². The first-order valence-electron chi connectivity index (χ1n) is 16.6. The molecule has 0 saturated heterocycles. The lowest BCUT2D eigenvalue weighted by molar-refractivity contribution is 0.669. The molecule has 0 spiro atoms. The molecule has 0 bridgehead atoms. The molecule has 0 atom stereocenters. The molecular weight excluding hydrogens is 599 g/mol. The van der Waals surface area contributed by atoms with E-state index in [0.717, 1.165) is 77.5 Å². The van der Waals surface area contributed by atoms with Crippen molar-refractivity contribution < 1.29 is 8.83 Å². The van der Waals surface area contributed by atoms with E-state index in [0.29, 0.717) is 0 Å². The number of anilines is 3. The van der Waals surface area contributed by atoms with Crippen molar-refractivity contribution in [2.75, 3.05) is 4.90 Å². The lowest BCUT2D eigenvalue weighted by Crippen LogP contribution is -2.10. The molecule has 10 aromatic rings. The van der Waals surface area contributed by atoms with Crippen LogP contribution in [0.3, 0.4) is 0 Å². The topological polar surface area (TPSA) is 29.5 Å². The van der Waals surface area contributed by atoms with Gasteiger partial charge in [0.1, 0.15) is 22.3 Å². The van der Waals surface area contributed by atoms with Crippen LogP contribution >= 0.6 is 0 Å². The molecule has 10 rings (SSSR count). The summed E-state index contributed by atoms with van der Waals surface area (Å²) in [7, 11) is 0. The number of para-hydroxylation sites is 2. The molecule has 3 nitrogen and oxygen atoms in total. The average molecular weight is 628 g/mol. The summed E-state index contributed by atoms with van der Waals surface area (Å²) in [6.07, 6.45) is 0. The minimum Gasteiger partial charge on any atom is -0.456 e. The Morgan fingerprint density at radius 3 is 1.78 bits per heavy atom. The summed E-state index contributed by atoms with van der Waals surface area (Å²) in [5, 5.41) is 6.76. The Balaban J connectivity index is 1.13. The van der Waals surface area contributed by atoms with E-state index in [-0.39, 0.29) is 0 Å². The van der Waals surface area contributed by atoms with Gasteiger partial charge in [-0.25, -0.2) is 0 Å². The van der Waals surface area contributed by atoms with Gasteiger partial charge in [0, 0.05) is 38.5 Å². The van der Waals surface area contributed by atoms with Gasteiger partial charge in [-0.3, -0.25) is 0 Å². The fraction of sp³-hybridized carbons (Fsp3) is 0. The minimum atomic E-state index is 0.866. The third-order valence-corrected chi connectivity index (χ3v) is 9.68. The lowest BCUT2D eigenvalue weighted by atomic mass is 10.0. The fourth-order valence-corrected chi connectivity index (χ4v) is 7.35. The molecule has 8 aromatic carbocycles. The molecule has 0 saturated carbocycles. The fourth-order valence-electron chi connectivity index (χ4n) is 7.35. The number of furan rings is 2. The van der Waals surface area contributed by atoms with Gasteiger partial charge in [0.25, 0.3) is 0 Å². The summed E-state index contributed by atoms with van der Waals surface area (Å²) in [6.45, 7) is 0. The van der Waals surface area contributed by atoms with Crippen molar-refractivity contribution >= 4 is 71.7 Å². The minimum absolute atomic E-state index is 0.866. The highest BCUT2D eigenvalue weighted by atomic mass is 16.3. The molecule has 0 N–H and O–H groups in total. The molecule has 2 aromatic heterocycles. The second-order valence-corrected chi connectivity index (χ2v) is 12.5. The van der Waals surface area contributed by atoms with Gasteiger partial charge in [0.05, 0.1) is 11.1 Å². The molecule has 230 valence electrons. The van der Waals surface area contributed by atoms with Crippen LogP contribution in [0.15, 0.2) is 185 Å². The van der Waals surface area contributed by atoms with Crippen LogP contribution in [0.1, 0.15) is 0 Å². The molecule has 0 radical (unpaired) electrons. The van der Waals surface area contributed by atoms with Crippen LogP contribution in [0.4, 0.5) is 17.1 Å². The van der Waals surface area contributed by atoms with Gasteiger partial charge in [-0.05, 0) is 70.6 Å². The van der Waals surface area contributed by atoms with Crippen LogP contribution in [-0.4, -0.2) is 0 Å². The molecule has 0 aliphatic carbocycles. The van der Waals surface area contributed by atoms with E-state index in [1.807, 2.05) is 12.1 Å². The largest absolute Gasteiger partial charge is 0.456 e. The maximum Gasteiger partial charge on any atom is 0.143 e. The molecule has 49 heavy (non-hydrogen) atoms. The maximum absolute atomic E-state index is 6.67. The predicted octanol–water partition coefficient (Wildman–Crippen LogP) is 13.4. The standard InChI is InChI=1S/C46H29NO2/c1-2-10-30(11-3-1)31-20-25-34(26-21-31)47(41-17-9-19-43-44(41)40-14-6-7-18-42(40)48-43)35-27-22-33(23-28-35)37-15-8-16-38-39-29-24-32-12-4-5-13-36(32)46(39)49-45(37)38/h1-29H. The second kappa shape index (κ2) is 11.0. The Bertz CT molecular complexity index is 2810. The highest BCUT2D eigenvalue weighted by molar-refractivity contribution is 6.17. The molecule has 0 aliphatic heterocycles. The monoisotopic (exact) mass is 627 g/mol. The molecule has 0 aliphatic rings. The van der Waals surface area contributed by atoms with E-state index in [2.05, 4.69) is 169 Å². The third kappa shape index (κ3) is 4.44. The first-order chi connectivity index (χ1) is 24.3. The van der Waals surface area contributed by atoms with Crippen LogP contribution in [0, 0.1) is 0 Å². The Kier molecular flexibility index (Phi) is 6.18. The summed E-state index contributed by atoms with van der Waals surface area (Å²) in [4.78, 5) is 2.33. The summed E-state index contributed by atoms with van der Waals surface area (Å²) in [5.74, 6) is 0. The Morgan fingerprint density at radius 1 is 0.347 bits per heavy atom. The summed E-state index contributed by atoms with van der Waals surface area (Å²) < 4.78 is 13.0. The van der Waals surface area contributed by atoms with E-state index >= 15 is 0 Å². The maximum atomic E-state index is 6.67. The van der Waals surface area contributed by atoms with Gasteiger partial charge in [-0.15, -0.1) is 0 Å². The predicted molar refractivity (Wildman–Crippen MR) is 204 cm³/mol. The first kappa shape index (κ1) is 27.5. The van der Waals surface area contributed by atoms with Crippen molar-refractivity contribution in [1.29, 1.82) is 0 Å². The zero-order chi connectivity index (χ0) is 32.3. The SMILES string of the molecule is c1ccc(-c2ccc(N(c3ccc(-c4cccc5c4oc4c6ccccc6ccc54)cc3)c3cccc4oc5ccccc5c34)cc2)cc1. The highest BCUT2D eigenvalue weighted by Crippen LogP contribution is 2.44. The molecule has 0 amide bonds. The molecule has 0 fully saturated rings. The van der Waals surface area contributed by atoms with Gasteiger partial charge < -0.3 is 13.7 Å². The van der Waals surface area contributed by atoms with Crippen LogP contribution in [0.2, 0.25) is 0 Å². The number of fused-ring (bicyclic) bond motifs is 8. The van der Waals surface area contributed by atoms with Gasteiger partial charge in [-0.2, -0.15) is 0 Å². The Morgan fingerprint density at radius 2 is 0.959 bits per heavy atom. The van der Waals surface area contributed by atoms with Gasteiger partial charge in [0.2, 0.25) is 0 Å². The quantitative estimate of drug-likeness (QED) is 0.190. The van der Waals surface area contributed by atoms with Crippen molar-refractivity contribution in [2.24, 2.45) is 0 Å². The normalized spacial score (nSPS) is 11.7. The summed E-state index contributed by atoms with van der Waals surface area (Å²) in [6, 6.07) is 61.9. The molecule has 2 heterocycles. The van der Waals surface area contributed by atoms with E-state index in [1.54, 1.807) is 0 Å². The molecular formula is C46H29NO2. The van der Waals surface area contributed by atoms with Crippen molar-refractivity contribution in [3.05, 3.63) is 176 Å². The van der Waals surface area contributed by atoms with Gasteiger partial charge >= 0.3 is 0 Å². The smallest absolute Gasteiger partial charge is 0.143 e. The van der Waals surface area contributed by atoms with E-state index in [4.69, 9.17) is 8.83 Å². The van der Waals surface area contributed by atoms with Crippen LogP contribution in [-0.2, 0) is 0 Å². The number of hydrogen-bond acceptors (Lipinski definition) is 3. The number of rotatable bonds is 5. The zero-order valence-corrected chi connectivity index (χ0v) is 26.5.